The average molecular weight is 230 g/mol. The van der Waals surface area contributed by atoms with Crippen LogP contribution in [0.15, 0.2) is 0 Å². The van der Waals surface area contributed by atoms with Gasteiger partial charge in [0.1, 0.15) is 6.04 Å². The van der Waals surface area contributed by atoms with Gasteiger partial charge < -0.3 is 15.4 Å². The number of rotatable bonds is 7. The van der Waals surface area contributed by atoms with E-state index in [-0.39, 0.29) is 17.8 Å². The van der Waals surface area contributed by atoms with Crippen LogP contribution in [0.1, 0.15) is 26.7 Å². The van der Waals surface area contributed by atoms with E-state index in [9.17, 15) is 9.59 Å². The second-order valence-corrected chi connectivity index (χ2v) is 3.81. The molecule has 0 rings (SSSR count). The molecular formula is C11H22N2O3. The van der Waals surface area contributed by atoms with Crippen molar-refractivity contribution >= 4 is 11.9 Å². The van der Waals surface area contributed by atoms with Crippen molar-refractivity contribution in [1.82, 2.24) is 10.6 Å². The van der Waals surface area contributed by atoms with E-state index in [1.165, 1.54) is 7.11 Å². The Morgan fingerprint density at radius 2 is 2.00 bits per heavy atom. The van der Waals surface area contributed by atoms with Gasteiger partial charge in [-0.25, -0.2) is 4.79 Å². The summed E-state index contributed by atoms with van der Waals surface area (Å²) >= 11 is 0. The zero-order valence-corrected chi connectivity index (χ0v) is 10.5. The predicted octanol–water partition coefficient (Wildman–Crippen LogP) is 0.300. The zero-order chi connectivity index (χ0) is 12.6. The Labute approximate surface area is 96.9 Å². The molecule has 0 saturated heterocycles. The second kappa shape index (κ2) is 8.10. The highest BCUT2D eigenvalue weighted by Gasteiger charge is 2.26. The summed E-state index contributed by atoms with van der Waals surface area (Å²) in [6, 6.07) is -0.542. The first-order valence-electron chi connectivity index (χ1n) is 5.58. The summed E-state index contributed by atoms with van der Waals surface area (Å²) in [5.41, 5.74) is 0. The summed E-state index contributed by atoms with van der Waals surface area (Å²) in [4.78, 5) is 23.0. The molecule has 0 spiro atoms. The van der Waals surface area contributed by atoms with Gasteiger partial charge in [0.15, 0.2) is 0 Å². The smallest absolute Gasteiger partial charge is 0.328 e. The monoisotopic (exact) mass is 230 g/mol. The van der Waals surface area contributed by atoms with Crippen LogP contribution in [-0.2, 0) is 14.3 Å². The molecule has 0 radical (unpaired) electrons. The minimum absolute atomic E-state index is 0.0750. The topological polar surface area (TPSA) is 67.4 Å². The standard InChI is InChI=1S/C11H22N2O3/c1-5-8(2)10(11(15)16-4)13-9(14)6-7-12-3/h8,10,12H,5-7H2,1-4H3,(H,13,14). The lowest BCUT2D eigenvalue weighted by Crippen LogP contribution is -2.46. The van der Waals surface area contributed by atoms with Crippen molar-refractivity contribution in [3.8, 4) is 0 Å². The van der Waals surface area contributed by atoms with Crippen molar-refractivity contribution < 1.29 is 14.3 Å². The van der Waals surface area contributed by atoms with Crippen molar-refractivity contribution in [2.45, 2.75) is 32.7 Å². The van der Waals surface area contributed by atoms with Gasteiger partial charge in [-0.15, -0.1) is 0 Å². The molecule has 2 unspecified atom stereocenters. The van der Waals surface area contributed by atoms with Gasteiger partial charge in [0.25, 0.3) is 0 Å². The third kappa shape index (κ3) is 5.11. The Balaban J connectivity index is 4.31. The van der Waals surface area contributed by atoms with Crippen LogP contribution in [0.2, 0.25) is 0 Å². The molecular weight excluding hydrogens is 208 g/mol. The van der Waals surface area contributed by atoms with Gasteiger partial charge in [0, 0.05) is 13.0 Å². The molecule has 0 bridgehead atoms. The first-order chi connectivity index (χ1) is 7.56. The second-order valence-electron chi connectivity index (χ2n) is 3.81. The number of hydrogen-bond donors (Lipinski definition) is 2. The van der Waals surface area contributed by atoms with E-state index in [0.29, 0.717) is 13.0 Å². The number of amides is 1. The molecule has 5 heteroatoms. The maximum absolute atomic E-state index is 11.5. The lowest BCUT2D eigenvalue weighted by Gasteiger charge is -2.21. The Hall–Kier alpha value is -1.10. The fraction of sp³-hybridized carbons (Fsp3) is 0.818. The van der Waals surface area contributed by atoms with Crippen LogP contribution < -0.4 is 10.6 Å². The fourth-order valence-electron chi connectivity index (χ4n) is 1.28. The van der Waals surface area contributed by atoms with E-state index in [0.717, 1.165) is 6.42 Å². The number of ether oxygens (including phenoxy) is 1. The Morgan fingerprint density at radius 1 is 1.38 bits per heavy atom. The molecule has 1 amide bonds. The van der Waals surface area contributed by atoms with Gasteiger partial charge in [-0.2, -0.15) is 0 Å². The van der Waals surface area contributed by atoms with Gasteiger partial charge >= 0.3 is 5.97 Å². The molecule has 0 heterocycles. The van der Waals surface area contributed by atoms with E-state index in [4.69, 9.17) is 0 Å². The molecule has 94 valence electrons. The van der Waals surface area contributed by atoms with Crippen molar-refractivity contribution in [1.29, 1.82) is 0 Å². The van der Waals surface area contributed by atoms with E-state index in [1.54, 1.807) is 7.05 Å². The Morgan fingerprint density at radius 3 is 2.44 bits per heavy atom. The quantitative estimate of drug-likeness (QED) is 0.617. The normalized spacial score (nSPS) is 14.0. The maximum Gasteiger partial charge on any atom is 0.328 e. The van der Waals surface area contributed by atoms with E-state index in [1.807, 2.05) is 13.8 Å². The van der Waals surface area contributed by atoms with Crippen LogP contribution in [-0.4, -0.2) is 38.6 Å². The lowest BCUT2D eigenvalue weighted by molar-refractivity contribution is -0.146. The Bertz CT molecular complexity index is 231. The molecule has 16 heavy (non-hydrogen) atoms. The highest BCUT2D eigenvalue weighted by molar-refractivity contribution is 5.84. The summed E-state index contributed by atoms with van der Waals surface area (Å²) in [6.07, 6.45) is 1.17. The van der Waals surface area contributed by atoms with Gasteiger partial charge in [0.2, 0.25) is 5.91 Å². The molecule has 0 aliphatic carbocycles. The molecule has 0 saturated carbocycles. The largest absolute Gasteiger partial charge is 0.467 e. The summed E-state index contributed by atoms with van der Waals surface area (Å²) in [5, 5.41) is 5.58. The van der Waals surface area contributed by atoms with Crippen molar-refractivity contribution in [2.75, 3.05) is 20.7 Å². The van der Waals surface area contributed by atoms with Gasteiger partial charge in [-0.1, -0.05) is 20.3 Å². The van der Waals surface area contributed by atoms with Gasteiger partial charge in [-0.05, 0) is 13.0 Å². The minimum Gasteiger partial charge on any atom is -0.467 e. The lowest BCUT2D eigenvalue weighted by atomic mass is 9.99. The summed E-state index contributed by atoms with van der Waals surface area (Å²) in [7, 11) is 3.11. The van der Waals surface area contributed by atoms with E-state index in [2.05, 4.69) is 15.4 Å². The molecule has 2 atom stereocenters. The first-order valence-corrected chi connectivity index (χ1v) is 5.58. The summed E-state index contributed by atoms with van der Waals surface area (Å²) < 4.78 is 4.67. The van der Waals surface area contributed by atoms with Crippen LogP contribution in [0.25, 0.3) is 0 Å². The number of carbonyl (C=O) groups is 2. The fourth-order valence-corrected chi connectivity index (χ4v) is 1.28. The van der Waals surface area contributed by atoms with Crippen LogP contribution in [0.4, 0.5) is 0 Å². The van der Waals surface area contributed by atoms with Gasteiger partial charge in [-0.3, -0.25) is 4.79 Å². The van der Waals surface area contributed by atoms with Crippen LogP contribution >= 0.6 is 0 Å². The molecule has 0 fully saturated rings. The first kappa shape index (κ1) is 14.9. The van der Waals surface area contributed by atoms with Gasteiger partial charge in [0.05, 0.1) is 7.11 Å². The number of hydrogen-bond acceptors (Lipinski definition) is 4. The number of methoxy groups -OCH3 is 1. The molecule has 2 N–H and O–H groups in total. The zero-order valence-electron chi connectivity index (χ0n) is 10.5. The van der Waals surface area contributed by atoms with Crippen LogP contribution in [0, 0.1) is 5.92 Å². The number of nitrogens with one attached hydrogen (secondary N) is 2. The maximum atomic E-state index is 11.5. The average Bonchev–Trinajstić information content (AvgIpc) is 2.31. The molecule has 0 aromatic rings. The van der Waals surface area contributed by atoms with E-state index >= 15 is 0 Å². The third-order valence-corrected chi connectivity index (χ3v) is 2.59. The van der Waals surface area contributed by atoms with E-state index < -0.39 is 6.04 Å². The minimum atomic E-state index is -0.542. The summed E-state index contributed by atoms with van der Waals surface area (Å²) in [5.74, 6) is -0.441. The molecule has 0 aromatic carbocycles. The Kier molecular flexibility index (Phi) is 7.54. The molecule has 5 nitrogen and oxygen atoms in total. The highest BCUT2D eigenvalue weighted by atomic mass is 16.5. The van der Waals surface area contributed by atoms with Crippen molar-refractivity contribution in [3.05, 3.63) is 0 Å². The van der Waals surface area contributed by atoms with Crippen LogP contribution in [0.3, 0.4) is 0 Å². The van der Waals surface area contributed by atoms with Crippen molar-refractivity contribution in [2.24, 2.45) is 5.92 Å². The SMILES string of the molecule is CCC(C)C(NC(=O)CCNC)C(=O)OC. The third-order valence-electron chi connectivity index (χ3n) is 2.59. The highest BCUT2D eigenvalue weighted by Crippen LogP contribution is 2.09. The number of esters is 1. The molecule has 0 aromatic heterocycles. The molecule has 0 aliphatic rings. The number of carbonyl (C=O) groups excluding carboxylic acids is 2. The molecule has 0 aliphatic heterocycles. The predicted molar refractivity (Wildman–Crippen MR) is 61.9 cm³/mol. The van der Waals surface area contributed by atoms with Crippen molar-refractivity contribution in [3.63, 3.8) is 0 Å². The summed E-state index contributed by atoms with van der Waals surface area (Å²) in [6.45, 7) is 4.49. The van der Waals surface area contributed by atoms with Crippen LogP contribution in [0.5, 0.6) is 0 Å².